The molecule has 0 saturated heterocycles. The Morgan fingerprint density at radius 2 is 1.89 bits per heavy atom. The molecule has 1 atom stereocenters. The Morgan fingerprint density at radius 1 is 1.33 bits per heavy atom. The van der Waals surface area contributed by atoms with Crippen LogP contribution in [0, 0.1) is 11.6 Å². The van der Waals surface area contributed by atoms with Gasteiger partial charge in [-0.1, -0.05) is 0 Å². The van der Waals surface area contributed by atoms with Crippen LogP contribution in [0.1, 0.15) is 17.3 Å². The summed E-state index contributed by atoms with van der Waals surface area (Å²) in [5, 5.41) is 0. The molecular formula is C11H12F2N2O3. The number of esters is 1. The van der Waals surface area contributed by atoms with Crippen molar-refractivity contribution in [3.63, 3.8) is 0 Å². The summed E-state index contributed by atoms with van der Waals surface area (Å²) < 4.78 is 30.4. The zero-order valence-corrected chi connectivity index (χ0v) is 9.57. The zero-order chi connectivity index (χ0) is 13.9. The van der Waals surface area contributed by atoms with Gasteiger partial charge >= 0.3 is 5.97 Å². The lowest BCUT2D eigenvalue weighted by atomic mass is 10.0. The van der Waals surface area contributed by atoms with Gasteiger partial charge < -0.3 is 16.2 Å². The molecule has 1 aromatic rings. The van der Waals surface area contributed by atoms with Crippen LogP contribution in [0.5, 0.6) is 0 Å². The van der Waals surface area contributed by atoms with E-state index >= 15 is 0 Å². The minimum absolute atomic E-state index is 0.0487. The Labute approximate surface area is 102 Å². The number of anilines is 1. The first-order chi connectivity index (χ1) is 8.38. The van der Waals surface area contributed by atoms with Crippen molar-refractivity contribution in [1.29, 1.82) is 0 Å². The monoisotopic (exact) mass is 258 g/mol. The smallest absolute Gasteiger partial charge is 0.331 e. The Hall–Kier alpha value is -2.02. The summed E-state index contributed by atoms with van der Waals surface area (Å²) in [7, 11) is 0. The van der Waals surface area contributed by atoms with E-state index in [1.165, 1.54) is 0 Å². The molecule has 0 heterocycles. The predicted molar refractivity (Wildman–Crippen MR) is 59.7 cm³/mol. The Balaban J connectivity index is 3.04. The van der Waals surface area contributed by atoms with Crippen LogP contribution in [0.2, 0.25) is 0 Å². The second kappa shape index (κ2) is 5.54. The molecular weight excluding hydrogens is 246 g/mol. The quantitative estimate of drug-likeness (QED) is 0.357. The fraction of sp³-hybridized carbons (Fsp3) is 0.273. The number of hydrogen-bond acceptors (Lipinski definition) is 5. The third-order valence-electron chi connectivity index (χ3n) is 2.18. The van der Waals surface area contributed by atoms with Crippen LogP contribution in [-0.2, 0) is 9.53 Å². The number of carbonyl (C=O) groups is 2. The van der Waals surface area contributed by atoms with Gasteiger partial charge in [-0.15, -0.1) is 0 Å². The lowest BCUT2D eigenvalue weighted by molar-refractivity contribution is -0.143. The van der Waals surface area contributed by atoms with Gasteiger partial charge in [0.15, 0.2) is 23.5 Å². The van der Waals surface area contributed by atoms with Crippen LogP contribution >= 0.6 is 0 Å². The molecule has 0 saturated carbocycles. The molecule has 7 heteroatoms. The molecule has 0 radical (unpaired) electrons. The molecule has 1 rings (SSSR count). The molecule has 0 amide bonds. The van der Waals surface area contributed by atoms with Gasteiger partial charge in [0.2, 0.25) is 0 Å². The minimum atomic E-state index is -1.61. The topological polar surface area (TPSA) is 95.4 Å². The van der Waals surface area contributed by atoms with E-state index in [1.54, 1.807) is 6.92 Å². The number of halogens is 2. The highest BCUT2D eigenvalue weighted by atomic mass is 19.2. The van der Waals surface area contributed by atoms with Gasteiger partial charge in [-0.25, -0.2) is 13.6 Å². The van der Waals surface area contributed by atoms with Crippen molar-refractivity contribution >= 4 is 17.4 Å². The van der Waals surface area contributed by atoms with Gasteiger partial charge in [-0.2, -0.15) is 0 Å². The Kier molecular flexibility index (Phi) is 4.33. The standard InChI is InChI=1S/C11H12F2N2O3/c1-2-18-11(17)9(15)10(16)5-3-6(12)7(13)4-8(5)14/h3-4,9H,2,14-15H2,1H3. The number of ether oxygens (including phenoxy) is 1. The zero-order valence-electron chi connectivity index (χ0n) is 9.57. The van der Waals surface area contributed by atoms with E-state index in [4.69, 9.17) is 11.5 Å². The van der Waals surface area contributed by atoms with E-state index in [-0.39, 0.29) is 17.9 Å². The first kappa shape index (κ1) is 14.0. The molecule has 0 fully saturated rings. The Bertz CT molecular complexity index is 491. The van der Waals surface area contributed by atoms with E-state index in [9.17, 15) is 18.4 Å². The molecule has 18 heavy (non-hydrogen) atoms. The highest BCUT2D eigenvalue weighted by Crippen LogP contribution is 2.18. The molecule has 0 aliphatic rings. The summed E-state index contributed by atoms with van der Waals surface area (Å²) in [6.07, 6.45) is 0. The van der Waals surface area contributed by atoms with Crippen LogP contribution in [0.15, 0.2) is 12.1 Å². The molecule has 1 aromatic carbocycles. The fourth-order valence-electron chi connectivity index (χ4n) is 1.28. The molecule has 0 bridgehead atoms. The number of ketones is 1. The average Bonchev–Trinajstić information content (AvgIpc) is 2.32. The predicted octanol–water partition coefficient (Wildman–Crippen LogP) is 0.620. The van der Waals surface area contributed by atoms with E-state index in [0.29, 0.717) is 12.1 Å². The summed E-state index contributed by atoms with van der Waals surface area (Å²) in [6, 6.07) is -0.357. The first-order valence-electron chi connectivity index (χ1n) is 5.09. The van der Waals surface area contributed by atoms with Gasteiger partial charge in [0, 0.05) is 17.3 Å². The maximum absolute atomic E-state index is 13.0. The summed E-state index contributed by atoms with van der Waals surface area (Å²) in [6.45, 7) is 1.59. The maximum atomic E-state index is 13.0. The molecule has 0 aliphatic heterocycles. The minimum Gasteiger partial charge on any atom is -0.464 e. The third kappa shape index (κ3) is 2.80. The SMILES string of the molecule is CCOC(=O)C(N)C(=O)c1cc(F)c(F)cc1N. The average molecular weight is 258 g/mol. The molecule has 0 aromatic heterocycles. The van der Waals surface area contributed by atoms with Gasteiger partial charge in [0.05, 0.1) is 6.61 Å². The Morgan fingerprint density at radius 3 is 2.44 bits per heavy atom. The number of Topliss-reactive ketones (excluding diaryl/α,β-unsaturated/α-hetero) is 1. The molecule has 1 unspecified atom stereocenters. The number of nitrogens with two attached hydrogens (primary N) is 2. The normalized spacial score (nSPS) is 12.0. The second-order valence-electron chi connectivity index (χ2n) is 3.45. The van der Waals surface area contributed by atoms with Crippen molar-refractivity contribution in [3.05, 3.63) is 29.3 Å². The highest BCUT2D eigenvalue weighted by molar-refractivity contribution is 6.14. The molecule has 0 spiro atoms. The van der Waals surface area contributed by atoms with Crippen molar-refractivity contribution in [2.45, 2.75) is 13.0 Å². The molecule has 0 aliphatic carbocycles. The molecule has 98 valence electrons. The van der Waals surface area contributed by atoms with Gasteiger partial charge in [0.25, 0.3) is 0 Å². The number of nitrogen functional groups attached to an aromatic ring is 1. The molecule has 5 nitrogen and oxygen atoms in total. The van der Waals surface area contributed by atoms with Crippen LogP contribution in [0.25, 0.3) is 0 Å². The highest BCUT2D eigenvalue weighted by Gasteiger charge is 2.27. The number of rotatable bonds is 4. The van der Waals surface area contributed by atoms with Gasteiger partial charge in [-0.05, 0) is 13.0 Å². The van der Waals surface area contributed by atoms with Crippen molar-refractivity contribution < 1.29 is 23.1 Å². The van der Waals surface area contributed by atoms with Crippen LogP contribution in [-0.4, -0.2) is 24.4 Å². The maximum Gasteiger partial charge on any atom is 0.331 e. The van der Waals surface area contributed by atoms with Crippen LogP contribution in [0.3, 0.4) is 0 Å². The summed E-state index contributed by atoms with van der Waals surface area (Å²) in [5.41, 5.74) is 10.1. The lowest BCUT2D eigenvalue weighted by Gasteiger charge is -2.11. The summed E-state index contributed by atoms with van der Waals surface area (Å²) in [5.74, 6) is -4.31. The largest absolute Gasteiger partial charge is 0.464 e. The number of benzene rings is 1. The number of carbonyl (C=O) groups excluding carboxylic acids is 2. The van der Waals surface area contributed by atoms with E-state index in [0.717, 1.165) is 0 Å². The van der Waals surface area contributed by atoms with Crippen molar-refractivity contribution in [3.8, 4) is 0 Å². The van der Waals surface area contributed by atoms with Gasteiger partial charge in [-0.3, -0.25) is 4.79 Å². The summed E-state index contributed by atoms with van der Waals surface area (Å²) >= 11 is 0. The van der Waals surface area contributed by atoms with Gasteiger partial charge in [0.1, 0.15) is 0 Å². The van der Waals surface area contributed by atoms with E-state index < -0.39 is 29.4 Å². The van der Waals surface area contributed by atoms with Crippen molar-refractivity contribution in [2.24, 2.45) is 5.73 Å². The number of hydrogen-bond donors (Lipinski definition) is 2. The van der Waals surface area contributed by atoms with Crippen LogP contribution in [0.4, 0.5) is 14.5 Å². The van der Waals surface area contributed by atoms with Crippen LogP contribution < -0.4 is 11.5 Å². The summed E-state index contributed by atoms with van der Waals surface area (Å²) in [4.78, 5) is 23.0. The van der Waals surface area contributed by atoms with Crippen molar-refractivity contribution in [2.75, 3.05) is 12.3 Å². The second-order valence-corrected chi connectivity index (χ2v) is 3.45. The van der Waals surface area contributed by atoms with E-state index in [2.05, 4.69) is 4.74 Å². The van der Waals surface area contributed by atoms with Crippen molar-refractivity contribution in [1.82, 2.24) is 0 Å². The lowest BCUT2D eigenvalue weighted by Crippen LogP contribution is -2.40. The molecule has 4 N–H and O–H groups in total. The van der Waals surface area contributed by atoms with E-state index in [1.807, 2.05) is 0 Å². The third-order valence-corrected chi connectivity index (χ3v) is 2.18. The fourth-order valence-corrected chi connectivity index (χ4v) is 1.28. The first-order valence-corrected chi connectivity index (χ1v) is 5.09.